The summed E-state index contributed by atoms with van der Waals surface area (Å²) in [5, 5.41) is 10.9. The summed E-state index contributed by atoms with van der Waals surface area (Å²) >= 11 is 1.51. The first-order chi connectivity index (χ1) is 10.9. The summed E-state index contributed by atoms with van der Waals surface area (Å²) < 4.78 is 33.5. The minimum atomic E-state index is -3.62. The average molecular weight is 362 g/mol. The minimum absolute atomic E-state index is 0.243. The Balaban J connectivity index is 2.07. The summed E-state index contributed by atoms with van der Waals surface area (Å²) in [4.78, 5) is 12.0. The van der Waals surface area contributed by atoms with Gasteiger partial charge < -0.3 is 9.84 Å². The normalized spacial score (nSPS) is 17.7. The first-order valence-corrected chi connectivity index (χ1v) is 9.72. The van der Waals surface area contributed by atoms with Crippen LogP contribution in [0.5, 0.6) is 0 Å². The van der Waals surface area contributed by atoms with Gasteiger partial charge in [-0.1, -0.05) is 6.07 Å². The van der Waals surface area contributed by atoms with Gasteiger partial charge in [-0.15, -0.1) is 11.3 Å². The first kappa shape index (κ1) is 18.3. The molecular formula is C14H22N2O5S2. The summed E-state index contributed by atoms with van der Waals surface area (Å²) in [7, 11) is -2.09. The van der Waals surface area contributed by atoms with E-state index in [1.165, 1.54) is 27.1 Å². The van der Waals surface area contributed by atoms with E-state index in [9.17, 15) is 13.2 Å². The number of hydrogen-bond donors (Lipinski definition) is 1. The van der Waals surface area contributed by atoms with Gasteiger partial charge in [-0.2, -0.15) is 17.0 Å². The molecule has 0 aromatic carbocycles. The van der Waals surface area contributed by atoms with Crippen molar-refractivity contribution in [2.75, 3.05) is 33.4 Å². The van der Waals surface area contributed by atoms with Gasteiger partial charge in [0.1, 0.15) is 0 Å². The Kier molecular flexibility index (Phi) is 6.54. The van der Waals surface area contributed by atoms with Gasteiger partial charge >= 0.3 is 5.97 Å². The number of carbonyl (C=O) groups is 1. The third-order valence-corrected chi connectivity index (χ3v) is 6.76. The van der Waals surface area contributed by atoms with Crippen molar-refractivity contribution >= 4 is 27.5 Å². The second kappa shape index (κ2) is 8.20. The molecule has 130 valence electrons. The Bertz CT molecular complexity index is 595. The van der Waals surface area contributed by atoms with Crippen LogP contribution in [-0.2, 0) is 26.3 Å². The Morgan fingerprint density at radius 3 is 2.70 bits per heavy atom. The van der Waals surface area contributed by atoms with Crippen LogP contribution in [0.2, 0.25) is 0 Å². The van der Waals surface area contributed by atoms with Crippen LogP contribution < -0.4 is 0 Å². The number of carboxylic acid groups (broad SMARTS) is 1. The molecule has 0 atom stereocenters. The molecule has 1 fully saturated rings. The summed E-state index contributed by atoms with van der Waals surface area (Å²) in [6.07, 6.45) is 0.706. The van der Waals surface area contributed by atoms with Crippen molar-refractivity contribution in [2.45, 2.75) is 19.4 Å². The molecule has 0 spiro atoms. The predicted molar refractivity (Wildman–Crippen MR) is 87.5 cm³/mol. The van der Waals surface area contributed by atoms with Gasteiger partial charge in [-0.05, 0) is 24.3 Å². The summed E-state index contributed by atoms with van der Waals surface area (Å²) in [5.41, 5.74) is 0. The lowest BCUT2D eigenvalue weighted by molar-refractivity contribution is -0.142. The van der Waals surface area contributed by atoms with E-state index < -0.39 is 22.1 Å². The van der Waals surface area contributed by atoms with E-state index in [-0.39, 0.29) is 19.6 Å². The molecule has 9 heteroatoms. The number of aliphatic carboxylic acids is 1. The lowest BCUT2D eigenvalue weighted by Gasteiger charge is -2.33. The number of piperidine rings is 1. The monoisotopic (exact) mass is 362 g/mol. The molecule has 1 aliphatic rings. The number of thiophene rings is 1. The number of hydrogen-bond acceptors (Lipinski definition) is 5. The van der Waals surface area contributed by atoms with E-state index in [2.05, 4.69) is 0 Å². The Morgan fingerprint density at radius 1 is 1.48 bits per heavy atom. The molecule has 1 aromatic rings. The molecule has 1 aromatic heterocycles. The Morgan fingerprint density at radius 2 is 2.17 bits per heavy atom. The van der Waals surface area contributed by atoms with E-state index in [4.69, 9.17) is 9.84 Å². The van der Waals surface area contributed by atoms with Gasteiger partial charge in [0.15, 0.2) is 0 Å². The van der Waals surface area contributed by atoms with Crippen LogP contribution in [0.3, 0.4) is 0 Å². The maximum atomic E-state index is 12.8. The zero-order chi connectivity index (χ0) is 16.9. The SMILES string of the molecule is COCCN(Cc1cccs1)S(=O)(=O)N1CCC(C(=O)O)CC1. The summed E-state index contributed by atoms with van der Waals surface area (Å²) in [6.45, 7) is 1.38. The van der Waals surface area contributed by atoms with E-state index in [1.54, 1.807) is 0 Å². The number of ether oxygens (including phenoxy) is 1. The predicted octanol–water partition coefficient (Wildman–Crippen LogP) is 1.24. The molecule has 1 aliphatic heterocycles. The lowest BCUT2D eigenvalue weighted by Crippen LogP contribution is -2.48. The van der Waals surface area contributed by atoms with Crippen LogP contribution in [0.15, 0.2) is 17.5 Å². The Hall–Kier alpha value is -1.00. The van der Waals surface area contributed by atoms with Gasteiger partial charge in [-0.25, -0.2) is 0 Å². The van der Waals surface area contributed by atoms with Crippen LogP contribution in [0, 0.1) is 5.92 Å². The number of carboxylic acids is 1. The van der Waals surface area contributed by atoms with Crippen molar-refractivity contribution in [3.63, 3.8) is 0 Å². The zero-order valence-corrected chi connectivity index (χ0v) is 14.7. The smallest absolute Gasteiger partial charge is 0.306 e. The number of methoxy groups -OCH3 is 1. The van der Waals surface area contributed by atoms with E-state index in [0.717, 1.165) is 4.88 Å². The number of rotatable bonds is 8. The van der Waals surface area contributed by atoms with E-state index in [1.807, 2.05) is 17.5 Å². The maximum Gasteiger partial charge on any atom is 0.306 e. The van der Waals surface area contributed by atoms with Crippen LogP contribution >= 0.6 is 11.3 Å². The van der Waals surface area contributed by atoms with Crippen molar-refractivity contribution in [1.29, 1.82) is 0 Å². The molecule has 0 aliphatic carbocycles. The van der Waals surface area contributed by atoms with Crippen molar-refractivity contribution in [3.8, 4) is 0 Å². The van der Waals surface area contributed by atoms with Crippen LogP contribution in [0.1, 0.15) is 17.7 Å². The molecule has 1 N–H and O–H groups in total. The van der Waals surface area contributed by atoms with Crippen LogP contribution in [-0.4, -0.2) is 61.5 Å². The quantitative estimate of drug-likeness (QED) is 0.752. The molecule has 0 unspecified atom stereocenters. The van der Waals surface area contributed by atoms with Crippen molar-refractivity contribution in [2.24, 2.45) is 5.92 Å². The molecule has 7 nitrogen and oxygen atoms in total. The van der Waals surface area contributed by atoms with Crippen LogP contribution in [0.4, 0.5) is 0 Å². The molecule has 0 amide bonds. The fourth-order valence-electron chi connectivity index (χ4n) is 2.54. The maximum absolute atomic E-state index is 12.8. The standard InChI is InChI=1S/C14H22N2O5S2/c1-21-9-8-16(11-13-3-2-10-22-13)23(19,20)15-6-4-12(5-7-15)14(17)18/h2-3,10,12H,4-9,11H2,1H3,(H,17,18). The van der Waals surface area contributed by atoms with Gasteiger partial charge in [0.2, 0.25) is 0 Å². The third-order valence-electron chi connectivity index (χ3n) is 3.91. The highest BCUT2D eigenvalue weighted by Crippen LogP contribution is 2.23. The fourth-order valence-corrected chi connectivity index (χ4v) is 4.95. The summed E-state index contributed by atoms with van der Waals surface area (Å²) in [5.74, 6) is -1.30. The highest BCUT2D eigenvalue weighted by molar-refractivity contribution is 7.86. The topological polar surface area (TPSA) is 87.2 Å². The van der Waals surface area contributed by atoms with Crippen molar-refractivity contribution < 1.29 is 23.1 Å². The average Bonchev–Trinajstić information content (AvgIpc) is 3.04. The van der Waals surface area contributed by atoms with E-state index >= 15 is 0 Å². The van der Waals surface area contributed by atoms with Gasteiger partial charge in [0, 0.05) is 38.2 Å². The second-order valence-corrected chi connectivity index (χ2v) is 8.39. The molecule has 0 saturated carbocycles. The molecular weight excluding hydrogens is 340 g/mol. The van der Waals surface area contributed by atoms with Gasteiger partial charge in [0.05, 0.1) is 12.5 Å². The second-order valence-electron chi connectivity index (χ2n) is 5.43. The molecule has 2 heterocycles. The van der Waals surface area contributed by atoms with Crippen LogP contribution in [0.25, 0.3) is 0 Å². The molecule has 23 heavy (non-hydrogen) atoms. The molecule has 0 bridgehead atoms. The molecule has 0 radical (unpaired) electrons. The highest BCUT2D eigenvalue weighted by Gasteiger charge is 2.34. The van der Waals surface area contributed by atoms with Gasteiger partial charge in [-0.3, -0.25) is 4.79 Å². The summed E-state index contributed by atoms with van der Waals surface area (Å²) in [6, 6.07) is 3.79. The van der Waals surface area contributed by atoms with E-state index in [0.29, 0.717) is 26.0 Å². The lowest BCUT2D eigenvalue weighted by atomic mass is 9.99. The van der Waals surface area contributed by atoms with Crippen molar-refractivity contribution in [1.82, 2.24) is 8.61 Å². The molecule has 1 saturated heterocycles. The molecule has 2 rings (SSSR count). The number of nitrogens with zero attached hydrogens (tertiary/aromatic N) is 2. The minimum Gasteiger partial charge on any atom is -0.481 e. The third kappa shape index (κ3) is 4.74. The van der Waals surface area contributed by atoms with Crippen molar-refractivity contribution in [3.05, 3.63) is 22.4 Å². The Labute approximate surface area is 140 Å². The zero-order valence-electron chi connectivity index (χ0n) is 13.1. The largest absolute Gasteiger partial charge is 0.481 e. The van der Waals surface area contributed by atoms with Gasteiger partial charge in [0.25, 0.3) is 10.2 Å². The first-order valence-electron chi connectivity index (χ1n) is 7.44. The highest BCUT2D eigenvalue weighted by atomic mass is 32.2. The fraction of sp³-hybridized carbons (Fsp3) is 0.643.